The molecule has 3 nitrogen and oxygen atoms in total. The molecule has 4 rings (SSSR count). The van der Waals surface area contributed by atoms with Crippen LogP contribution < -0.4 is 0 Å². The molecule has 0 amide bonds. The van der Waals surface area contributed by atoms with Gasteiger partial charge in [-0.1, -0.05) is 0 Å². The zero-order valence-electron chi connectivity index (χ0n) is 11.9. The highest BCUT2D eigenvalue weighted by atomic mass is 16.5. The van der Waals surface area contributed by atoms with Crippen molar-refractivity contribution >= 4 is 5.97 Å². The molecule has 19 heavy (non-hydrogen) atoms. The van der Waals surface area contributed by atoms with E-state index >= 15 is 0 Å². The quantitative estimate of drug-likeness (QED) is 0.578. The molecular weight excluding hydrogens is 240 g/mol. The fourth-order valence-electron chi connectivity index (χ4n) is 4.58. The lowest BCUT2D eigenvalue weighted by Gasteiger charge is -2.53. The summed E-state index contributed by atoms with van der Waals surface area (Å²) in [4.78, 5) is 12.1. The normalized spacial score (nSPS) is 40.5. The first-order valence-corrected chi connectivity index (χ1v) is 7.54. The Morgan fingerprint density at radius 2 is 1.68 bits per heavy atom. The minimum atomic E-state index is -0.144. The molecule has 0 aromatic heterocycles. The fraction of sp³-hybridized carbons (Fsp3) is 0.812. The third kappa shape index (κ3) is 2.58. The fourth-order valence-corrected chi connectivity index (χ4v) is 4.58. The van der Waals surface area contributed by atoms with Gasteiger partial charge in [0, 0.05) is 12.7 Å². The molecule has 0 spiro atoms. The van der Waals surface area contributed by atoms with E-state index in [1.165, 1.54) is 32.1 Å². The van der Waals surface area contributed by atoms with Crippen LogP contribution in [0.5, 0.6) is 0 Å². The van der Waals surface area contributed by atoms with Crippen molar-refractivity contribution < 1.29 is 14.3 Å². The Balaban J connectivity index is 1.62. The van der Waals surface area contributed by atoms with Gasteiger partial charge < -0.3 is 9.47 Å². The van der Waals surface area contributed by atoms with Gasteiger partial charge in [-0.2, -0.15) is 0 Å². The smallest absolute Gasteiger partial charge is 0.333 e. The molecule has 0 aromatic carbocycles. The van der Waals surface area contributed by atoms with Gasteiger partial charge in [-0.3, -0.25) is 0 Å². The van der Waals surface area contributed by atoms with Gasteiger partial charge in [-0.05, 0) is 68.8 Å². The monoisotopic (exact) mass is 264 g/mol. The van der Waals surface area contributed by atoms with E-state index in [0.717, 1.165) is 11.8 Å². The number of carbonyl (C=O) groups excluding carboxylic acids is 1. The molecule has 106 valence electrons. The SMILES string of the molecule is COCC=C(C)C(=O)OC1C2CC3CC(C2)CC1C3. The number of methoxy groups -OCH3 is 1. The Hall–Kier alpha value is -0.830. The summed E-state index contributed by atoms with van der Waals surface area (Å²) in [5.74, 6) is 2.96. The number of ether oxygens (including phenoxy) is 2. The summed E-state index contributed by atoms with van der Waals surface area (Å²) in [6.45, 7) is 2.29. The van der Waals surface area contributed by atoms with E-state index in [1.54, 1.807) is 13.2 Å². The van der Waals surface area contributed by atoms with Crippen LogP contribution in [0.4, 0.5) is 0 Å². The molecule has 3 heteroatoms. The molecule has 0 heterocycles. The van der Waals surface area contributed by atoms with E-state index in [9.17, 15) is 4.79 Å². The Bertz CT molecular complexity index is 357. The average Bonchev–Trinajstić information content (AvgIpc) is 2.39. The van der Waals surface area contributed by atoms with Crippen LogP contribution in [-0.4, -0.2) is 25.8 Å². The highest BCUT2D eigenvalue weighted by molar-refractivity contribution is 5.87. The standard InChI is InChI=1S/C16H24O3/c1-10(3-4-18-2)16(17)19-15-13-6-11-5-12(8-13)9-14(15)7-11/h3,11-15H,4-9H2,1-2H3. The molecule has 4 fully saturated rings. The Kier molecular flexibility index (Phi) is 3.66. The molecule has 4 saturated carbocycles. The van der Waals surface area contributed by atoms with Crippen molar-refractivity contribution in [1.29, 1.82) is 0 Å². The second-order valence-electron chi connectivity index (χ2n) is 6.64. The first-order chi connectivity index (χ1) is 9.17. The van der Waals surface area contributed by atoms with Gasteiger partial charge in [-0.15, -0.1) is 0 Å². The number of hydrogen-bond donors (Lipinski definition) is 0. The van der Waals surface area contributed by atoms with Crippen LogP contribution in [0.3, 0.4) is 0 Å². The largest absolute Gasteiger partial charge is 0.458 e. The molecular formula is C16H24O3. The average molecular weight is 264 g/mol. The Labute approximate surface area is 115 Å². The first kappa shape index (κ1) is 13.2. The summed E-state index contributed by atoms with van der Waals surface area (Å²) in [6, 6.07) is 0. The van der Waals surface area contributed by atoms with Crippen LogP contribution >= 0.6 is 0 Å². The summed E-state index contributed by atoms with van der Waals surface area (Å²) in [5.41, 5.74) is 0.677. The lowest BCUT2D eigenvalue weighted by atomic mass is 9.55. The van der Waals surface area contributed by atoms with Crippen LogP contribution in [0.15, 0.2) is 11.6 Å². The lowest BCUT2D eigenvalue weighted by Crippen LogP contribution is -2.50. The van der Waals surface area contributed by atoms with Crippen LogP contribution in [-0.2, 0) is 14.3 Å². The predicted octanol–water partition coefficient (Wildman–Crippen LogP) is 2.95. The second kappa shape index (κ2) is 5.28. The van der Waals surface area contributed by atoms with Crippen LogP contribution in [0.25, 0.3) is 0 Å². The van der Waals surface area contributed by atoms with Crippen molar-refractivity contribution in [3.05, 3.63) is 11.6 Å². The third-order valence-electron chi connectivity index (χ3n) is 5.26. The predicted molar refractivity (Wildman–Crippen MR) is 72.6 cm³/mol. The minimum absolute atomic E-state index is 0.144. The highest BCUT2D eigenvalue weighted by Crippen LogP contribution is 2.54. The van der Waals surface area contributed by atoms with E-state index in [-0.39, 0.29) is 12.1 Å². The molecule has 0 radical (unpaired) electrons. The maximum Gasteiger partial charge on any atom is 0.333 e. The maximum atomic E-state index is 12.1. The number of esters is 1. The van der Waals surface area contributed by atoms with E-state index in [1.807, 2.05) is 6.92 Å². The lowest BCUT2D eigenvalue weighted by molar-refractivity contribution is -0.166. The third-order valence-corrected chi connectivity index (χ3v) is 5.26. The second-order valence-corrected chi connectivity index (χ2v) is 6.64. The molecule has 0 saturated heterocycles. The summed E-state index contributed by atoms with van der Waals surface area (Å²) < 4.78 is 10.8. The molecule has 0 aromatic rings. The van der Waals surface area contributed by atoms with Gasteiger partial charge in [0.2, 0.25) is 0 Å². The molecule has 0 unspecified atom stereocenters. The number of rotatable bonds is 4. The summed E-state index contributed by atoms with van der Waals surface area (Å²) in [5, 5.41) is 0. The Morgan fingerprint density at radius 1 is 1.11 bits per heavy atom. The number of carbonyl (C=O) groups is 1. The van der Waals surface area contributed by atoms with Gasteiger partial charge in [0.1, 0.15) is 6.10 Å². The van der Waals surface area contributed by atoms with Crippen LogP contribution in [0.1, 0.15) is 39.0 Å². The van der Waals surface area contributed by atoms with E-state index in [0.29, 0.717) is 24.0 Å². The van der Waals surface area contributed by atoms with Gasteiger partial charge >= 0.3 is 5.97 Å². The summed E-state index contributed by atoms with van der Waals surface area (Å²) in [7, 11) is 1.63. The van der Waals surface area contributed by atoms with Crippen molar-refractivity contribution in [2.75, 3.05) is 13.7 Å². The number of hydrogen-bond acceptors (Lipinski definition) is 3. The molecule has 0 atom stereocenters. The summed E-state index contributed by atoms with van der Waals surface area (Å²) >= 11 is 0. The van der Waals surface area contributed by atoms with Gasteiger partial charge in [0.25, 0.3) is 0 Å². The Morgan fingerprint density at radius 3 is 2.21 bits per heavy atom. The first-order valence-electron chi connectivity index (χ1n) is 7.54. The van der Waals surface area contributed by atoms with Crippen molar-refractivity contribution in [2.45, 2.75) is 45.1 Å². The minimum Gasteiger partial charge on any atom is -0.458 e. The van der Waals surface area contributed by atoms with E-state index in [2.05, 4.69) is 0 Å². The van der Waals surface area contributed by atoms with Gasteiger partial charge in [0.05, 0.1) is 6.61 Å². The van der Waals surface area contributed by atoms with Crippen molar-refractivity contribution in [1.82, 2.24) is 0 Å². The van der Waals surface area contributed by atoms with Gasteiger partial charge in [-0.25, -0.2) is 4.79 Å². The summed E-state index contributed by atoms with van der Waals surface area (Å²) in [6.07, 6.45) is 8.56. The highest BCUT2D eigenvalue weighted by Gasteiger charge is 2.49. The molecule has 4 bridgehead atoms. The van der Waals surface area contributed by atoms with Crippen molar-refractivity contribution in [3.63, 3.8) is 0 Å². The molecule has 0 aliphatic heterocycles. The molecule has 4 aliphatic carbocycles. The van der Waals surface area contributed by atoms with E-state index in [4.69, 9.17) is 9.47 Å². The zero-order valence-corrected chi connectivity index (χ0v) is 11.9. The molecule has 0 N–H and O–H groups in total. The van der Waals surface area contributed by atoms with Gasteiger partial charge in [0.15, 0.2) is 0 Å². The maximum absolute atomic E-state index is 12.1. The van der Waals surface area contributed by atoms with Crippen molar-refractivity contribution in [3.8, 4) is 0 Å². The van der Waals surface area contributed by atoms with Crippen molar-refractivity contribution in [2.24, 2.45) is 23.7 Å². The topological polar surface area (TPSA) is 35.5 Å². The molecule has 4 aliphatic rings. The zero-order chi connectivity index (χ0) is 13.4. The van der Waals surface area contributed by atoms with E-state index < -0.39 is 0 Å². The van der Waals surface area contributed by atoms with Crippen LogP contribution in [0, 0.1) is 23.7 Å². The van der Waals surface area contributed by atoms with Crippen LogP contribution in [0.2, 0.25) is 0 Å².